The predicted molar refractivity (Wildman–Crippen MR) is 80.6 cm³/mol. The Labute approximate surface area is 125 Å². The minimum Gasteiger partial charge on any atom is -0.384 e. The van der Waals surface area contributed by atoms with Crippen LogP contribution in [0.4, 0.5) is 5.95 Å². The van der Waals surface area contributed by atoms with Crippen LogP contribution in [0.15, 0.2) is 12.4 Å². The highest BCUT2D eigenvalue weighted by Gasteiger charge is 2.21. The van der Waals surface area contributed by atoms with Crippen molar-refractivity contribution >= 4 is 17.5 Å². The summed E-state index contributed by atoms with van der Waals surface area (Å²) in [5.41, 5.74) is 0. The minimum absolute atomic E-state index is 0.0312. The molecule has 1 aromatic heterocycles. The lowest BCUT2D eigenvalue weighted by atomic mass is 9.82. The fraction of sp³-hybridized carbons (Fsp3) is 0.600. The van der Waals surface area contributed by atoms with E-state index in [4.69, 9.17) is 16.7 Å². The molecular weight excluding hydrogens is 274 g/mol. The summed E-state index contributed by atoms with van der Waals surface area (Å²) in [6.45, 7) is 0.929. The molecule has 0 saturated heterocycles. The van der Waals surface area contributed by atoms with Gasteiger partial charge in [-0.3, -0.25) is 0 Å². The van der Waals surface area contributed by atoms with Crippen molar-refractivity contribution < 1.29 is 5.11 Å². The molecule has 0 spiro atoms. The van der Waals surface area contributed by atoms with Gasteiger partial charge in [-0.2, -0.15) is 0 Å². The van der Waals surface area contributed by atoms with Gasteiger partial charge in [0.05, 0.1) is 17.4 Å². The Morgan fingerprint density at radius 2 is 1.95 bits per heavy atom. The fourth-order valence-corrected chi connectivity index (χ4v) is 2.75. The molecule has 1 N–H and O–H groups in total. The smallest absolute Gasteiger partial charge is 0.225 e. The first-order valence-corrected chi connectivity index (χ1v) is 7.34. The van der Waals surface area contributed by atoms with E-state index in [1.54, 1.807) is 12.4 Å². The largest absolute Gasteiger partial charge is 0.384 e. The van der Waals surface area contributed by atoms with Crippen LogP contribution in [0, 0.1) is 23.7 Å². The van der Waals surface area contributed by atoms with E-state index in [0.29, 0.717) is 16.9 Å². The molecule has 5 heteroatoms. The number of halogens is 1. The molecule has 1 aliphatic rings. The summed E-state index contributed by atoms with van der Waals surface area (Å²) in [5.74, 6) is 7.73. The number of aliphatic hydroxyl groups excluding tert-OH is 1. The van der Waals surface area contributed by atoms with Gasteiger partial charge in [0.15, 0.2) is 0 Å². The number of anilines is 1. The highest BCUT2D eigenvalue weighted by Crippen LogP contribution is 2.29. The number of hydrogen-bond acceptors (Lipinski definition) is 4. The van der Waals surface area contributed by atoms with Crippen molar-refractivity contribution in [3.8, 4) is 11.8 Å². The zero-order valence-electron chi connectivity index (χ0n) is 11.7. The number of aliphatic hydroxyl groups is 1. The monoisotopic (exact) mass is 293 g/mol. The molecule has 0 aromatic carbocycles. The van der Waals surface area contributed by atoms with E-state index >= 15 is 0 Å². The van der Waals surface area contributed by atoms with Crippen molar-refractivity contribution in [1.29, 1.82) is 0 Å². The Bertz CT molecular complexity index is 472. The molecule has 4 nitrogen and oxygen atoms in total. The molecule has 1 aromatic rings. The second-order valence-electron chi connectivity index (χ2n) is 5.28. The SMILES string of the molecule is CN(C[C@H]1CC[C@H](C#CCO)CC1)c1ncc(Cl)cn1. The molecule has 0 aliphatic heterocycles. The van der Waals surface area contributed by atoms with Gasteiger partial charge in [-0.15, -0.1) is 0 Å². The van der Waals surface area contributed by atoms with Gasteiger partial charge in [0.2, 0.25) is 5.95 Å². The van der Waals surface area contributed by atoms with Gasteiger partial charge in [-0.05, 0) is 31.6 Å². The Morgan fingerprint density at radius 1 is 1.30 bits per heavy atom. The van der Waals surface area contributed by atoms with Gasteiger partial charge >= 0.3 is 0 Å². The van der Waals surface area contributed by atoms with Crippen LogP contribution in [0.3, 0.4) is 0 Å². The fourth-order valence-electron chi connectivity index (χ4n) is 2.65. The topological polar surface area (TPSA) is 49.2 Å². The molecule has 20 heavy (non-hydrogen) atoms. The van der Waals surface area contributed by atoms with Crippen LogP contribution < -0.4 is 4.90 Å². The molecule has 1 fully saturated rings. The summed E-state index contributed by atoms with van der Waals surface area (Å²) in [5, 5.41) is 9.27. The molecule has 108 valence electrons. The lowest BCUT2D eigenvalue weighted by molar-refractivity contribution is 0.318. The molecule has 1 aliphatic carbocycles. The van der Waals surface area contributed by atoms with E-state index < -0.39 is 0 Å². The molecule has 2 rings (SSSR count). The van der Waals surface area contributed by atoms with E-state index in [-0.39, 0.29) is 6.61 Å². The maximum Gasteiger partial charge on any atom is 0.225 e. The Hall–Kier alpha value is -1.31. The molecule has 1 heterocycles. The summed E-state index contributed by atoms with van der Waals surface area (Å²) >= 11 is 5.79. The standard InChI is InChI=1S/C15H20ClN3O/c1-19(15-17-9-14(16)10-18-15)11-13-6-4-12(5-7-13)3-2-8-20/h9-10,12-13,20H,4-8,11H2,1H3/t12-,13-. The number of nitrogens with zero attached hydrogens (tertiary/aromatic N) is 3. The van der Waals surface area contributed by atoms with Crippen molar-refractivity contribution in [3.63, 3.8) is 0 Å². The van der Waals surface area contributed by atoms with Crippen molar-refractivity contribution in [3.05, 3.63) is 17.4 Å². The number of aromatic nitrogens is 2. The molecule has 0 atom stereocenters. The number of rotatable bonds is 3. The third-order valence-electron chi connectivity index (χ3n) is 3.71. The summed E-state index contributed by atoms with van der Waals surface area (Å²) in [6.07, 6.45) is 7.83. The Balaban J connectivity index is 1.81. The second kappa shape index (κ2) is 7.47. The van der Waals surface area contributed by atoms with Crippen LogP contribution in [0.1, 0.15) is 25.7 Å². The van der Waals surface area contributed by atoms with Crippen molar-refractivity contribution in [1.82, 2.24) is 9.97 Å². The van der Waals surface area contributed by atoms with Crippen LogP contribution >= 0.6 is 11.6 Å². The van der Waals surface area contributed by atoms with Gasteiger partial charge in [0, 0.05) is 19.5 Å². The van der Waals surface area contributed by atoms with Crippen molar-refractivity contribution in [2.75, 3.05) is 25.1 Å². The summed E-state index contributed by atoms with van der Waals surface area (Å²) in [6, 6.07) is 0. The zero-order valence-corrected chi connectivity index (χ0v) is 12.5. The van der Waals surface area contributed by atoms with E-state index in [9.17, 15) is 0 Å². The summed E-state index contributed by atoms with van der Waals surface area (Å²) < 4.78 is 0. The van der Waals surface area contributed by atoms with E-state index in [2.05, 4.69) is 26.7 Å². The van der Waals surface area contributed by atoms with Gasteiger partial charge in [0.25, 0.3) is 0 Å². The first-order valence-electron chi connectivity index (χ1n) is 6.97. The highest BCUT2D eigenvalue weighted by molar-refractivity contribution is 6.30. The molecule has 0 amide bonds. The van der Waals surface area contributed by atoms with E-state index in [1.807, 2.05) is 7.05 Å². The van der Waals surface area contributed by atoms with Crippen molar-refractivity contribution in [2.45, 2.75) is 25.7 Å². The maximum atomic E-state index is 8.71. The third kappa shape index (κ3) is 4.36. The Kier molecular flexibility index (Phi) is 5.63. The average molecular weight is 294 g/mol. The predicted octanol–water partition coefficient (Wildman–Crippen LogP) is 2.37. The number of hydrogen-bond donors (Lipinski definition) is 1. The molecule has 0 radical (unpaired) electrons. The van der Waals surface area contributed by atoms with E-state index in [1.165, 1.54) is 12.8 Å². The quantitative estimate of drug-likeness (QED) is 0.869. The molecule has 0 bridgehead atoms. The highest BCUT2D eigenvalue weighted by atomic mass is 35.5. The van der Waals surface area contributed by atoms with Gasteiger partial charge in [0.1, 0.15) is 6.61 Å². The molecule has 1 saturated carbocycles. The summed E-state index contributed by atoms with van der Waals surface area (Å²) in [7, 11) is 2.01. The maximum absolute atomic E-state index is 8.71. The third-order valence-corrected chi connectivity index (χ3v) is 3.91. The van der Waals surface area contributed by atoms with Crippen LogP contribution in [-0.2, 0) is 0 Å². The van der Waals surface area contributed by atoms with Gasteiger partial charge in [-0.25, -0.2) is 9.97 Å². The van der Waals surface area contributed by atoms with Crippen LogP contribution in [0.2, 0.25) is 5.02 Å². The Morgan fingerprint density at radius 3 is 2.55 bits per heavy atom. The van der Waals surface area contributed by atoms with Gasteiger partial charge in [-0.1, -0.05) is 23.4 Å². The lowest BCUT2D eigenvalue weighted by Crippen LogP contribution is -2.29. The minimum atomic E-state index is -0.0312. The van der Waals surface area contributed by atoms with E-state index in [0.717, 1.165) is 25.3 Å². The van der Waals surface area contributed by atoms with Crippen LogP contribution in [-0.4, -0.2) is 35.3 Å². The first-order chi connectivity index (χ1) is 9.69. The average Bonchev–Trinajstić information content (AvgIpc) is 2.47. The van der Waals surface area contributed by atoms with Crippen molar-refractivity contribution in [2.24, 2.45) is 11.8 Å². The van der Waals surface area contributed by atoms with Crippen LogP contribution in [0.5, 0.6) is 0 Å². The van der Waals surface area contributed by atoms with Crippen LogP contribution in [0.25, 0.3) is 0 Å². The second-order valence-corrected chi connectivity index (χ2v) is 5.72. The summed E-state index contributed by atoms with van der Waals surface area (Å²) in [4.78, 5) is 10.5. The zero-order chi connectivity index (χ0) is 14.4. The normalized spacial score (nSPS) is 21.9. The first kappa shape index (κ1) is 15.1. The van der Waals surface area contributed by atoms with Gasteiger partial charge < -0.3 is 10.0 Å². The molecule has 0 unspecified atom stereocenters. The molecular formula is C15H20ClN3O. The lowest BCUT2D eigenvalue weighted by Gasteiger charge is -2.29.